The molecular weight excluding hydrogens is 326 g/mol. The second-order valence-electron chi connectivity index (χ2n) is 6.31. The van der Waals surface area contributed by atoms with Gasteiger partial charge in [-0.25, -0.2) is 9.67 Å². The Morgan fingerprint density at radius 3 is 2.69 bits per heavy atom. The topological polar surface area (TPSA) is 64.1 Å². The molecule has 0 saturated carbocycles. The summed E-state index contributed by atoms with van der Waals surface area (Å²) in [7, 11) is 2.06. The van der Waals surface area contributed by atoms with Gasteiger partial charge in [0.1, 0.15) is 12.1 Å². The van der Waals surface area contributed by atoms with Gasteiger partial charge in [-0.2, -0.15) is 19.7 Å². The highest BCUT2D eigenvalue weighted by atomic mass is 15.4. The van der Waals surface area contributed by atoms with Crippen LogP contribution in [0.5, 0.6) is 0 Å². The lowest BCUT2D eigenvalue weighted by Crippen LogP contribution is -2.22. The van der Waals surface area contributed by atoms with Crippen LogP contribution in [0.1, 0.15) is 23.7 Å². The monoisotopic (exact) mass is 347 g/mol. The van der Waals surface area contributed by atoms with E-state index in [1.807, 2.05) is 52.6 Å². The van der Waals surface area contributed by atoms with Crippen molar-refractivity contribution in [1.29, 1.82) is 0 Å². The number of aryl methyl sites for hydroxylation is 1. The largest absolute Gasteiger partial charge is 0.355 e. The minimum atomic E-state index is 0.626. The van der Waals surface area contributed by atoms with Crippen LogP contribution in [-0.2, 0) is 13.0 Å². The summed E-state index contributed by atoms with van der Waals surface area (Å²) < 4.78 is 3.71. The summed E-state index contributed by atoms with van der Waals surface area (Å²) in [4.78, 5) is 11.0. The Bertz CT molecular complexity index is 1030. The molecule has 0 N–H and O–H groups in total. The van der Waals surface area contributed by atoms with Crippen LogP contribution in [0.3, 0.4) is 0 Å². The molecule has 0 aliphatic heterocycles. The summed E-state index contributed by atoms with van der Waals surface area (Å²) in [6, 6.07) is 10.1. The van der Waals surface area contributed by atoms with E-state index in [1.54, 1.807) is 6.33 Å². The van der Waals surface area contributed by atoms with Crippen LogP contribution in [-0.4, -0.2) is 36.4 Å². The second kappa shape index (κ2) is 6.59. The summed E-state index contributed by atoms with van der Waals surface area (Å²) in [6.45, 7) is 4.88. The number of para-hydroxylation sites is 1. The number of fused-ring (bicyclic) bond motifs is 1. The maximum atomic E-state index is 4.55. The SMILES string of the molecule is CCc1c(C)nc2ncnn2c1N(C)Cc1cnn(-c2ccccc2)c1. The Hall–Kier alpha value is -3.22. The zero-order valence-corrected chi connectivity index (χ0v) is 15.2. The molecule has 26 heavy (non-hydrogen) atoms. The molecule has 132 valence electrons. The zero-order valence-electron chi connectivity index (χ0n) is 15.2. The fourth-order valence-corrected chi connectivity index (χ4v) is 3.29. The number of aromatic nitrogens is 6. The third-order valence-corrected chi connectivity index (χ3v) is 4.50. The first-order chi connectivity index (χ1) is 12.7. The molecule has 0 saturated heterocycles. The number of anilines is 1. The standard InChI is InChI=1S/C19H21N7/c1-4-17-14(2)23-19-20-13-22-26(19)18(17)24(3)11-15-10-21-25(12-15)16-8-6-5-7-9-16/h5-10,12-13H,4,11H2,1-3H3. The van der Waals surface area contributed by atoms with Crippen molar-refractivity contribution in [2.45, 2.75) is 26.8 Å². The van der Waals surface area contributed by atoms with Gasteiger partial charge in [0.05, 0.1) is 11.9 Å². The van der Waals surface area contributed by atoms with E-state index in [9.17, 15) is 0 Å². The maximum Gasteiger partial charge on any atom is 0.254 e. The van der Waals surface area contributed by atoms with Crippen LogP contribution in [0.25, 0.3) is 11.5 Å². The number of hydrogen-bond donors (Lipinski definition) is 0. The van der Waals surface area contributed by atoms with Crippen molar-refractivity contribution in [3.63, 3.8) is 0 Å². The van der Waals surface area contributed by atoms with Crippen molar-refractivity contribution < 1.29 is 0 Å². The van der Waals surface area contributed by atoms with Gasteiger partial charge in [-0.05, 0) is 25.5 Å². The normalized spacial score (nSPS) is 11.2. The Morgan fingerprint density at radius 1 is 1.12 bits per heavy atom. The molecule has 0 aliphatic carbocycles. The molecule has 1 aromatic carbocycles. The first-order valence-corrected chi connectivity index (χ1v) is 8.66. The van der Waals surface area contributed by atoms with E-state index in [1.165, 1.54) is 5.56 Å². The third kappa shape index (κ3) is 2.81. The van der Waals surface area contributed by atoms with E-state index < -0.39 is 0 Å². The maximum absolute atomic E-state index is 4.55. The van der Waals surface area contributed by atoms with E-state index in [2.05, 4.69) is 45.2 Å². The molecule has 7 heteroatoms. The third-order valence-electron chi connectivity index (χ3n) is 4.50. The highest BCUT2D eigenvalue weighted by Gasteiger charge is 2.17. The number of hydrogen-bond acceptors (Lipinski definition) is 5. The van der Waals surface area contributed by atoms with Crippen LogP contribution in [0, 0.1) is 6.92 Å². The molecule has 0 atom stereocenters. The Kier molecular flexibility index (Phi) is 4.12. The van der Waals surface area contributed by atoms with E-state index in [4.69, 9.17) is 0 Å². The molecule has 0 spiro atoms. The van der Waals surface area contributed by atoms with Gasteiger partial charge in [0, 0.05) is 36.6 Å². The lowest BCUT2D eigenvalue weighted by atomic mass is 10.1. The lowest BCUT2D eigenvalue weighted by molar-refractivity contribution is 0.806. The molecule has 0 radical (unpaired) electrons. The Morgan fingerprint density at radius 2 is 1.92 bits per heavy atom. The molecule has 0 unspecified atom stereocenters. The van der Waals surface area contributed by atoms with E-state index in [0.29, 0.717) is 5.78 Å². The number of rotatable bonds is 5. The van der Waals surface area contributed by atoms with Crippen LogP contribution >= 0.6 is 0 Å². The first-order valence-electron chi connectivity index (χ1n) is 8.66. The van der Waals surface area contributed by atoms with Crippen molar-refractivity contribution >= 4 is 11.6 Å². The summed E-state index contributed by atoms with van der Waals surface area (Å²) >= 11 is 0. The van der Waals surface area contributed by atoms with E-state index in [0.717, 1.165) is 35.7 Å². The fraction of sp³-hybridized carbons (Fsp3) is 0.263. The predicted octanol–water partition coefficient (Wildman–Crippen LogP) is 2.82. The molecule has 0 aliphatic rings. The van der Waals surface area contributed by atoms with Crippen LogP contribution < -0.4 is 4.90 Å². The molecular formula is C19H21N7. The number of nitrogens with zero attached hydrogens (tertiary/aromatic N) is 7. The molecule has 3 heterocycles. The van der Waals surface area contributed by atoms with Gasteiger partial charge in [-0.3, -0.25) is 0 Å². The van der Waals surface area contributed by atoms with Gasteiger partial charge in [0.15, 0.2) is 0 Å². The average Bonchev–Trinajstić information content (AvgIpc) is 3.30. The van der Waals surface area contributed by atoms with Crippen molar-refractivity contribution in [3.8, 4) is 5.69 Å². The van der Waals surface area contributed by atoms with Gasteiger partial charge in [0.25, 0.3) is 5.78 Å². The summed E-state index contributed by atoms with van der Waals surface area (Å²) in [5.41, 5.74) is 4.35. The Labute approximate surface area is 151 Å². The molecule has 0 bridgehead atoms. The van der Waals surface area contributed by atoms with Crippen molar-refractivity contribution in [2.75, 3.05) is 11.9 Å². The molecule has 0 amide bonds. The van der Waals surface area contributed by atoms with Crippen molar-refractivity contribution in [2.24, 2.45) is 0 Å². The average molecular weight is 347 g/mol. The quantitative estimate of drug-likeness (QED) is 0.555. The van der Waals surface area contributed by atoms with E-state index in [-0.39, 0.29) is 0 Å². The first kappa shape index (κ1) is 16.3. The molecule has 3 aromatic heterocycles. The molecule has 4 aromatic rings. The van der Waals surface area contributed by atoms with Gasteiger partial charge in [-0.1, -0.05) is 25.1 Å². The molecule has 0 fully saturated rings. The van der Waals surface area contributed by atoms with Gasteiger partial charge in [-0.15, -0.1) is 0 Å². The van der Waals surface area contributed by atoms with Crippen LogP contribution in [0.15, 0.2) is 49.1 Å². The molecule has 7 nitrogen and oxygen atoms in total. The smallest absolute Gasteiger partial charge is 0.254 e. The zero-order chi connectivity index (χ0) is 18.1. The van der Waals surface area contributed by atoms with Crippen molar-refractivity contribution in [3.05, 3.63) is 65.9 Å². The van der Waals surface area contributed by atoms with Crippen LogP contribution in [0.2, 0.25) is 0 Å². The van der Waals surface area contributed by atoms with Crippen molar-refractivity contribution in [1.82, 2.24) is 29.4 Å². The number of benzene rings is 1. The van der Waals surface area contributed by atoms with Gasteiger partial charge < -0.3 is 4.90 Å². The van der Waals surface area contributed by atoms with Gasteiger partial charge in [0.2, 0.25) is 0 Å². The van der Waals surface area contributed by atoms with E-state index >= 15 is 0 Å². The minimum Gasteiger partial charge on any atom is -0.355 e. The summed E-state index contributed by atoms with van der Waals surface area (Å²) in [6.07, 6.45) is 6.40. The molecule has 4 rings (SSSR count). The Balaban J connectivity index is 1.67. The summed E-state index contributed by atoms with van der Waals surface area (Å²) in [5.74, 6) is 1.65. The highest BCUT2D eigenvalue weighted by molar-refractivity contribution is 5.54. The lowest BCUT2D eigenvalue weighted by Gasteiger charge is -2.22. The predicted molar refractivity (Wildman–Crippen MR) is 101 cm³/mol. The van der Waals surface area contributed by atoms with Gasteiger partial charge >= 0.3 is 0 Å². The minimum absolute atomic E-state index is 0.626. The van der Waals surface area contributed by atoms with Crippen LogP contribution in [0.4, 0.5) is 5.82 Å². The highest BCUT2D eigenvalue weighted by Crippen LogP contribution is 2.24. The fourth-order valence-electron chi connectivity index (χ4n) is 3.29. The second-order valence-corrected chi connectivity index (χ2v) is 6.31. The summed E-state index contributed by atoms with van der Waals surface area (Å²) in [5, 5.41) is 8.85.